The third-order valence-electron chi connectivity index (χ3n) is 6.82. The van der Waals surface area contributed by atoms with Gasteiger partial charge in [-0.3, -0.25) is 14.4 Å². The highest BCUT2D eigenvalue weighted by Gasteiger charge is 2.44. The third kappa shape index (κ3) is 4.45. The fourth-order valence-corrected chi connectivity index (χ4v) is 4.75. The van der Waals surface area contributed by atoms with E-state index >= 15 is 0 Å². The summed E-state index contributed by atoms with van der Waals surface area (Å²) in [5.74, 6) is -5.51. The molecule has 1 aliphatic carbocycles. The molecule has 0 spiro atoms. The smallest absolute Gasteiger partial charge is 0.278 e. The molecule has 37 heavy (non-hydrogen) atoms. The summed E-state index contributed by atoms with van der Waals surface area (Å²) in [7, 11) is 1.15. The molecule has 192 valence electrons. The number of fused-ring (bicyclic) bond motifs is 2. The average molecular weight is 515 g/mol. The van der Waals surface area contributed by atoms with E-state index in [0.717, 1.165) is 19.7 Å². The largest absolute Gasteiger partial charge is 0.491 e. The van der Waals surface area contributed by atoms with Gasteiger partial charge in [-0.15, -0.1) is 0 Å². The number of hydrogen-bond acceptors (Lipinski definition) is 4. The number of ether oxygens (including phenoxy) is 1. The van der Waals surface area contributed by atoms with Crippen LogP contribution in [0.15, 0.2) is 41.3 Å². The fourth-order valence-electron chi connectivity index (χ4n) is 4.75. The molecular formula is C26H21F4N3O4. The van der Waals surface area contributed by atoms with Gasteiger partial charge in [0.2, 0.25) is 5.43 Å². The summed E-state index contributed by atoms with van der Waals surface area (Å²) >= 11 is 0. The minimum absolute atomic E-state index is 0.200. The number of aromatic nitrogens is 1. The standard InChI is InChI=1S/C26H21F4N3O4/c1-37-24-22(26(36)33-11-13-5-12(13)6-15-18(28)3-2-4-21(15)33)31-10-17(23(24)34)25(35)32-9-16-19(29)7-14(27)8-20(16)30/h2-4,7-8,10,12-13H,5-6,9,11H2,1H3,(H,31,34)(H,32,35). The van der Waals surface area contributed by atoms with Gasteiger partial charge in [-0.05, 0) is 36.8 Å². The van der Waals surface area contributed by atoms with E-state index in [1.165, 1.54) is 17.0 Å². The van der Waals surface area contributed by atoms with Gasteiger partial charge in [-0.25, -0.2) is 17.6 Å². The van der Waals surface area contributed by atoms with Crippen LogP contribution in [0.3, 0.4) is 0 Å². The van der Waals surface area contributed by atoms with Crippen LogP contribution in [0.4, 0.5) is 23.2 Å². The van der Waals surface area contributed by atoms with Crippen LogP contribution in [-0.2, 0) is 13.0 Å². The van der Waals surface area contributed by atoms with Gasteiger partial charge in [-0.2, -0.15) is 0 Å². The van der Waals surface area contributed by atoms with Crippen molar-refractivity contribution in [3.05, 3.63) is 92.4 Å². The third-order valence-corrected chi connectivity index (χ3v) is 6.82. The van der Waals surface area contributed by atoms with Crippen molar-refractivity contribution in [1.82, 2.24) is 10.3 Å². The fraction of sp³-hybridized carbons (Fsp3) is 0.269. The molecule has 2 aromatic carbocycles. The van der Waals surface area contributed by atoms with Crippen LogP contribution in [0.2, 0.25) is 0 Å². The molecule has 2 aliphatic rings. The summed E-state index contributed by atoms with van der Waals surface area (Å²) in [6.07, 6.45) is 2.37. The maximum Gasteiger partial charge on any atom is 0.278 e. The van der Waals surface area contributed by atoms with E-state index in [4.69, 9.17) is 4.74 Å². The van der Waals surface area contributed by atoms with Gasteiger partial charge in [0.25, 0.3) is 11.8 Å². The quantitative estimate of drug-likeness (QED) is 0.507. The predicted molar refractivity (Wildman–Crippen MR) is 124 cm³/mol. The second-order valence-corrected chi connectivity index (χ2v) is 9.08. The number of hydrogen-bond donors (Lipinski definition) is 2. The Kier molecular flexibility index (Phi) is 6.22. The van der Waals surface area contributed by atoms with Crippen LogP contribution in [0.5, 0.6) is 5.75 Å². The Hall–Kier alpha value is -4.15. The lowest BCUT2D eigenvalue weighted by molar-refractivity contribution is 0.0942. The zero-order valence-electron chi connectivity index (χ0n) is 19.5. The van der Waals surface area contributed by atoms with Gasteiger partial charge >= 0.3 is 0 Å². The molecule has 1 fully saturated rings. The molecule has 2 N–H and O–H groups in total. The van der Waals surface area contributed by atoms with Gasteiger partial charge in [0, 0.05) is 42.5 Å². The molecule has 1 aliphatic heterocycles. The Morgan fingerprint density at radius 3 is 2.54 bits per heavy atom. The molecule has 3 aromatic rings. The molecule has 0 radical (unpaired) electrons. The second kappa shape index (κ2) is 9.38. The van der Waals surface area contributed by atoms with Crippen molar-refractivity contribution in [3.63, 3.8) is 0 Å². The molecule has 5 rings (SSSR count). The molecule has 2 heterocycles. The Labute approximate surface area is 208 Å². The minimum atomic E-state index is -1.20. The molecule has 1 aromatic heterocycles. The zero-order valence-corrected chi connectivity index (χ0v) is 19.5. The first kappa shape index (κ1) is 24.5. The second-order valence-electron chi connectivity index (χ2n) is 9.08. The topological polar surface area (TPSA) is 91.5 Å². The number of amides is 2. The van der Waals surface area contributed by atoms with E-state index < -0.39 is 63.9 Å². The maximum atomic E-state index is 14.6. The lowest BCUT2D eigenvalue weighted by Crippen LogP contribution is -2.36. The number of rotatable bonds is 5. The van der Waals surface area contributed by atoms with Gasteiger partial charge in [0.05, 0.1) is 12.8 Å². The van der Waals surface area contributed by atoms with Crippen molar-refractivity contribution >= 4 is 17.5 Å². The van der Waals surface area contributed by atoms with Crippen molar-refractivity contribution in [3.8, 4) is 5.75 Å². The number of H-pyrrole nitrogens is 1. The number of benzene rings is 2. The van der Waals surface area contributed by atoms with E-state index in [9.17, 15) is 31.9 Å². The number of carbonyl (C=O) groups is 2. The number of pyridine rings is 1. The molecule has 0 bridgehead atoms. The average Bonchev–Trinajstić information content (AvgIpc) is 3.61. The molecule has 1 saturated carbocycles. The van der Waals surface area contributed by atoms with Crippen LogP contribution in [0.25, 0.3) is 0 Å². The van der Waals surface area contributed by atoms with E-state index in [1.807, 2.05) is 0 Å². The van der Waals surface area contributed by atoms with Crippen molar-refractivity contribution < 1.29 is 31.9 Å². The summed E-state index contributed by atoms with van der Waals surface area (Å²) < 4.78 is 60.6. The van der Waals surface area contributed by atoms with Crippen molar-refractivity contribution in [2.24, 2.45) is 11.8 Å². The van der Waals surface area contributed by atoms with Crippen LogP contribution in [0.1, 0.15) is 38.4 Å². The first-order chi connectivity index (χ1) is 17.7. The molecule has 11 heteroatoms. The molecular weight excluding hydrogens is 494 g/mol. The number of carbonyl (C=O) groups excluding carboxylic acids is 2. The van der Waals surface area contributed by atoms with Crippen LogP contribution in [0, 0.1) is 35.1 Å². The highest BCUT2D eigenvalue weighted by atomic mass is 19.1. The minimum Gasteiger partial charge on any atom is -0.491 e. The summed E-state index contributed by atoms with van der Waals surface area (Å²) in [6.45, 7) is -0.319. The zero-order chi connectivity index (χ0) is 26.4. The highest BCUT2D eigenvalue weighted by Crippen LogP contribution is 2.47. The maximum absolute atomic E-state index is 14.6. The van der Waals surface area contributed by atoms with Gasteiger partial charge in [0.15, 0.2) is 11.4 Å². The van der Waals surface area contributed by atoms with Crippen LogP contribution in [-0.4, -0.2) is 30.5 Å². The molecule has 2 atom stereocenters. The molecule has 7 nitrogen and oxygen atoms in total. The normalized spacial score (nSPS) is 17.9. The van der Waals surface area contributed by atoms with E-state index in [2.05, 4.69) is 10.3 Å². The number of nitrogens with zero attached hydrogens (tertiary/aromatic N) is 1. The van der Waals surface area contributed by atoms with Crippen molar-refractivity contribution in [1.29, 1.82) is 0 Å². The van der Waals surface area contributed by atoms with Gasteiger partial charge in [-0.1, -0.05) is 6.07 Å². The number of methoxy groups -OCH3 is 1. The number of aromatic amines is 1. The Morgan fingerprint density at radius 2 is 1.84 bits per heavy atom. The Bertz CT molecular complexity index is 1470. The Balaban J connectivity index is 1.43. The summed E-state index contributed by atoms with van der Waals surface area (Å²) in [4.78, 5) is 43.3. The monoisotopic (exact) mass is 515 g/mol. The van der Waals surface area contributed by atoms with Crippen LogP contribution >= 0.6 is 0 Å². The lowest BCUT2D eigenvalue weighted by atomic mass is 10.1. The van der Waals surface area contributed by atoms with Crippen molar-refractivity contribution in [2.45, 2.75) is 19.4 Å². The molecule has 0 saturated heterocycles. The van der Waals surface area contributed by atoms with E-state index in [-0.39, 0.29) is 17.5 Å². The van der Waals surface area contributed by atoms with Crippen molar-refractivity contribution in [2.75, 3.05) is 18.6 Å². The van der Waals surface area contributed by atoms with Gasteiger partial charge in [0.1, 0.15) is 28.8 Å². The first-order valence-electron chi connectivity index (χ1n) is 11.5. The number of nitrogens with one attached hydrogen (secondary N) is 2. The Morgan fingerprint density at radius 1 is 1.11 bits per heavy atom. The van der Waals surface area contributed by atoms with E-state index in [1.54, 1.807) is 6.07 Å². The molecule has 2 amide bonds. The lowest BCUT2D eigenvalue weighted by Gasteiger charge is -2.24. The number of halogens is 4. The van der Waals surface area contributed by atoms with Gasteiger partial charge < -0.3 is 19.9 Å². The first-order valence-corrected chi connectivity index (χ1v) is 11.5. The van der Waals surface area contributed by atoms with E-state index in [0.29, 0.717) is 36.3 Å². The summed E-state index contributed by atoms with van der Waals surface area (Å²) in [5, 5.41) is 2.21. The molecule has 2 unspecified atom stereocenters. The number of anilines is 1. The predicted octanol–water partition coefficient (Wildman–Crippen LogP) is 3.71. The van der Waals surface area contributed by atoms with Crippen LogP contribution < -0.4 is 20.4 Å². The summed E-state index contributed by atoms with van der Waals surface area (Å²) in [6, 6.07) is 5.42. The highest BCUT2D eigenvalue weighted by molar-refractivity contribution is 6.07. The summed E-state index contributed by atoms with van der Waals surface area (Å²) in [5.41, 5.74) is -1.38. The SMILES string of the molecule is COc1c(C(=O)N2CC3CC3Cc3c(F)cccc32)[nH]cc(C(=O)NCc2c(F)cc(F)cc2F)c1=O.